The molecule has 30 heavy (non-hydrogen) atoms. The number of anilines is 1. The summed E-state index contributed by atoms with van der Waals surface area (Å²) in [5.41, 5.74) is 2.00. The molecule has 0 aromatic heterocycles. The van der Waals surface area contributed by atoms with Crippen LogP contribution in [0.15, 0.2) is 48.5 Å². The average Bonchev–Trinajstić information content (AvgIpc) is 3.10. The molecule has 0 spiro atoms. The van der Waals surface area contributed by atoms with Crippen molar-refractivity contribution in [3.05, 3.63) is 54.1 Å². The van der Waals surface area contributed by atoms with E-state index >= 15 is 0 Å². The third-order valence-electron chi connectivity index (χ3n) is 5.20. The van der Waals surface area contributed by atoms with E-state index in [4.69, 9.17) is 9.47 Å². The molecule has 3 rings (SSSR count). The maximum absolute atomic E-state index is 13.1. The summed E-state index contributed by atoms with van der Waals surface area (Å²) in [4.78, 5) is 16.7. The lowest BCUT2D eigenvalue weighted by atomic mass is 10.1. The number of amides is 1. The molecule has 0 aliphatic carbocycles. The summed E-state index contributed by atoms with van der Waals surface area (Å²) in [7, 11) is 2.34. The van der Waals surface area contributed by atoms with Crippen LogP contribution in [-0.4, -0.2) is 64.6 Å². The second-order valence-electron chi connectivity index (χ2n) is 7.58. The normalized spacial score (nSPS) is 17.4. The molecule has 0 bridgehead atoms. The number of hydrogen-bond acceptors (Lipinski definition) is 6. The number of benzene rings is 2. The summed E-state index contributed by atoms with van der Waals surface area (Å²) >= 11 is 0. The monoisotopic (exact) mass is 432 g/mol. The van der Waals surface area contributed by atoms with Crippen LogP contribution in [0.1, 0.15) is 12.0 Å². The van der Waals surface area contributed by atoms with Crippen LogP contribution in [0.5, 0.6) is 11.5 Å². The van der Waals surface area contributed by atoms with Crippen LogP contribution in [0.3, 0.4) is 0 Å². The Balaban J connectivity index is 1.75. The van der Waals surface area contributed by atoms with E-state index in [1.165, 1.54) is 7.11 Å². The average molecular weight is 433 g/mol. The van der Waals surface area contributed by atoms with E-state index in [1.807, 2.05) is 49.3 Å². The highest BCUT2D eigenvalue weighted by molar-refractivity contribution is 7.91. The van der Waals surface area contributed by atoms with Crippen molar-refractivity contribution in [2.24, 2.45) is 0 Å². The van der Waals surface area contributed by atoms with Gasteiger partial charge in [-0.15, -0.1) is 0 Å². The lowest BCUT2D eigenvalue weighted by Crippen LogP contribution is -2.43. The zero-order valence-corrected chi connectivity index (χ0v) is 18.4. The summed E-state index contributed by atoms with van der Waals surface area (Å²) in [5.74, 6) is 0.860. The van der Waals surface area contributed by atoms with Crippen LogP contribution in [-0.2, 0) is 21.2 Å². The smallest absolute Gasteiger partial charge is 0.261 e. The number of hydrogen-bond donors (Lipinski definition) is 0. The van der Waals surface area contributed by atoms with E-state index in [1.54, 1.807) is 23.1 Å². The second-order valence-corrected chi connectivity index (χ2v) is 9.81. The lowest BCUT2D eigenvalue weighted by Gasteiger charge is -2.28. The van der Waals surface area contributed by atoms with Gasteiger partial charge in [0.2, 0.25) is 0 Å². The fourth-order valence-electron chi connectivity index (χ4n) is 3.50. The number of sulfone groups is 1. The maximum atomic E-state index is 13.1. The first-order valence-corrected chi connectivity index (χ1v) is 11.6. The van der Waals surface area contributed by atoms with Gasteiger partial charge in [-0.25, -0.2) is 8.42 Å². The Kier molecular flexibility index (Phi) is 6.87. The molecule has 1 fully saturated rings. The van der Waals surface area contributed by atoms with Gasteiger partial charge >= 0.3 is 0 Å². The number of carbonyl (C=O) groups excluding carboxylic acids is 1. The standard InChI is InChI=1S/C22H28N2O5S/c1-23(2)18-10-8-17(9-11-18)14-24(19-12-13-30(26,27)16-19)22(25)15-29-21-7-5-4-6-20(21)28-3/h4-11,19H,12-16H2,1-3H3/t19-/m1/s1. The van der Waals surface area contributed by atoms with Crippen molar-refractivity contribution < 1.29 is 22.7 Å². The number of methoxy groups -OCH3 is 1. The molecule has 1 amide bonds. The van der Waals surface area contributed by atoms with Crippen molar-refractivity contribution in [1.29, 1.82) is 0 Å². The van der Waals surface area contributed by atoms with Crippen molar-refractivity contribution in [1.82, 2.24) is 4.90 Å². The van der Waals surface area contributed by atoms with E-state index in [2.05, 4.69) is 0 Å². The summed E-state index contributed by atoms with van der Waals surface area (Å²) in [6.45, 7) is 0.148. The van der Waals surface area contributed by atoms with Crippen LogP contribution in [0.4, 0.5) is 5.69 Å². The zero-order chi connectivity index (χ0) is 21.7. The van der Waals surface area contributed by atoms with E-state index in [0.717, 1.165) is 11.3 Å². The van der Waals surface area contributed by atoms with Crippen molar-refractivity contribution in [3.63, 3.8) is 0 Å². The Morgan fingerprint density at radius 3 is 2.30 bits per heavy atom. The molecule has 0 unspecified atom stereocenters. The predicted molar refractivity (Wildman–Crippen MR) is 117 cm³/mol. The van der Waals surface area contributed by atoms with Crippen LogP contribution < -0.4 is 14.4 Å². The molecule has 1 aliphatic heterocycles. The van der Waals surface area contributed by atoms with Gasteiger partial charge in [0.25, 0.3) is 5.91 Å². The van der Waals surface area contributed by atoms with Crippen LogP contribution in [0.2, 0.25) is 0 Å². The van der Waals surface area contributed by atoms with Gasteiger partial charge < -0.3 is 19.3 Å². The highest BCUT2D eigenvalue weighted by Crippen LogP contribution is 2.26. The first kappa shape index (κ1) is 22.0. The van der Waals surface area contributed by atoms with Crippen LogP contribution >= 0.6 is 0 Å². The van der Waals surface area contributed by atoms with Crippen LogP contribution in [0, 0.1) is 0 Å². The summed E-state index contributed by atoms with van der Waals surface area (Å²) < 4.78 is 35.0. The zero-order valence-electron chi connectivity index (χ0n) is 17.6. The van der Waals surface area contributed by atoms with Gasteiger partial charge in [-0.05, 0) is 36.2 Å². The first-order chi connectivity index (χ1) is 14.3. The Bertz CT molecular complexity index is 973. The maximum Gasteiger partial charge on any atom is 0.261 e. The van der Waals surface area contributed by atoms with Gasteiger partial charge in [0, 0.05) is 32.4 Å². The SMILES string of the molecule is COc1ccccc1OCC(=O)N(Cc1ccc(N(C)C)cc1)[C@@H]1CCS(=O)(=O)C1. The quantitative estimate of drug-likeness (QED) is 0.637. The predicted octanol–water partition coefficient (Wildman–Crippen LogP) is 2.36. The Hall–Kier alpha value is -2.74. The van der Waals surface area contributed by atoms with Gasteiger partial charge in [-0.2, -0.15) is 0 Å². The fourth-order valence-corrected chi connectivity index (χ4v) is 5.23. The molecule has 1 heterocycles. The molecule has 1 saturated heterocycles. The molecular weight excluding hydrogens is 404 g/mol. The minimum Gasteiger partial charge on any atom is -0.493 e. The number of carbonyl (C=O) groups is 1. The van der Waals surface area contributed by atoms with Crippen molar-refractivity contribution in [2.75, 3.05) is 44.2 Å². The molecule has 0 radical (unpaired) electrons. The third-order valence-corrected chi connectivity index (χ3v) is 6.95. The molecule has 2 aromatic rings. The first-order valence-electron chi connectivity index (χ1n) is 9.81. The Morgan fingerprint density at radius 2 is 1.73 bits per heavy atom. The van der Waals surface area contributed by atoms with E-state index in [0.29, 0.717) is 24.5 Å². The summed E-state index contributed by atoms with van der Waals surface area (Å²) in [5, 5.41) is 0. The largest absolute Gasteiger partial charge is 0.493 e. The van der Waals surface area contributed by atoms with Gasteiger partial charge in [0.15, 0.2) is 27.9 Å². The van der Waals surface area contributed by atoms with E-state index < -0.39 is 9.84 Å². The molecular formula is C22H28N2O5S. The van der Waals surface area contributed by atoms with Gasteiger partial charge in [-0.1, -0.05) is 24.3 Å². The topological polar surface area (TPSA) is 76.2 Å². The molecule has 8 heteroatoms. The molecule has 0 N–H and O–H groups in total. The molecule has 0 saturated carbocycles. The lowest BCUT2D eigenvalue weighted by molar-refractivity contribution is -0.136. The van der Waals surface area contributed by atoms with Gasteiger partial charge in [0.1, 0.15) is 0 Å². The second kappa shape index (κ2) is 9.38. The summed E-state index contributed by atoms with van der Waals surface area (Å²) in [6, 6.07) is 14.6. The fraction of sp³-hybridized carbons (Fsp3) is 0.409. The highest BCUT2D eigenvalue weighted by Gasteiger charge is 2.34. The molecule has 7 nitrogen and oxygen atoms in total. The molecule has 1 aliphatic rings. The number of para-hydroxylation sites is 2. The third kappa shape index (κ3) is 5.44. The highest BCUT2D eigenvalue weighted by atomic mass is 32.2. The minimum absolute atomic E-state index is 0.0107. The van der Waals surface area contributed by atoms with Crippen LogP contribution in [0.25, 0.3) is 0 Å². The van der Waals surface area contributed by atoms with E-state index in [-0.39, 0.29) is 30.1 Å². The van der Waals surface area contributed by atoms with E-state index in [9.17, 15) is 13.2 Å². The van der Waals surface area contributed by atoms with Gasteiger partial charge in [-0.3, -0.25) is 4.79 Å². The van der Waals surface area contributed by atoms with Crippen molar-refractivity contribution in [2.45, 2.75) is 19.0 Å². The molecule has 1 atom stereocenters. The Morgan fingerprint density at radius 1 is 1.07 bits per heavy atom. The number of rotatable bonds is 8. The van der Waals surface area contributed by atoms with Crippen molar-refractivity contribution >= 4 is 21.4 Å². The van der Waals surface area contributed by atoms with Crippen molar-refractivity contribution in [3.8, 4) is 11.5 Å². The number of ether oxygens (including phenoxy) is 2. The van der Waals surface area contributed by atoms with Gasteiger partial charge in [0.05, 0.1) is 18.6 Å². The minimum atomic E-state index is -3.12. The molecule has 2 aromatic carbocycles. The number of nitrogens with zero attached hydrogens (tertiary/aromatic N) is 2. The summed E-state index contributed by atoms with van der Waals surface area (Å²) in [6.07, 6.45) is 0.443. The Labute approximate surface area is 178 Å². The molecule has 162 valence electrons.